The van der Waals surface area contributed by atoms with Crippen LogP contribution in [-0.4, -0.2) is 15.0 Å². The third kappa shape index (κ3) is 4.73. The molecule has 7 heteroatoms. The first kappa shape index (κ1) is 15.1. The van der Waals surface area contributed by atoms with Gasteiger partial charge in [0.2, 0.25) is 0 Å². The molecule has 4 nitrogen and oxygen atoms in total. The topological polar surface area (TPSA) is 67.2 Å². The van der Waals surface area contributed by atoms with Gasteiger partial charge in [-0.15, -0.1) is 0 Å². The lowest BCUT2D eigenvalue weighted by Gasteiger charge is -2.08. The Balaban J connectivity index is 2.61. The van der Waals surface area contributed by atoms with Gasteiger partial charge in [0.15, 0.2) is 0 Å². The zero-order valence-electron chi connectivity index (χ0n) is 9.40. The number of hydrogen-bond donors (Lipinski definition) is 0. The smallest absolute Gasteiger partial charge is 0.261 e. The maximum absolute atomic E-state index is 11.1. The molecule has 0 fully saturated rings. The van der Waals surface area contributed by atoms with E-state index in [-0.39, 0.29) is 9.92 Å². The van der Waals surface area contributed by atoms with Crippen molar-refractivity contribution in [1.29, 1.82) is 5.26 Å². The Morgan fingerprint density at radius 1 is 1.33 bits per heavy atom. The highest BCUT2D eigenvalue weighted by molar-refractivity contribution is 8.13. The summed E-state index contributed by atoms with van der Waals surface area (Å²) in [5, 5.41) is 8.54. The third-order valence-corrected chi connectivity index (χ3v) is 3.77. The molecule has 0 radical (unpaired) electrons. The van der Waals surface area contributed by atoms with Gasteiger partial charge >= 0.3 is 0 Å². The second kappa shape index (κ2) is 6.83. The number of nitrogens with zero attached hydrogens (tertiary/aromatic N) is 1. The Morgan fingerprint density at radius 2 is 2.06 bits per heavy atom. The van der Waals surface area contributed by atoms with Crippen molar-refractivity contribution in [2.45, 2.75) is 24.2 Å². The summed E-state index contributed by atoms with van der Waals surface area (Å²) < 4.78 is 27.5. The van der Waals surface area contributed by atoms with Gasteiger partial charge in [0.05, 0.1) is 22.6 Å². The Bertz CT molecular complexity index is 552. The van der Waals surface area contributed by atoms with Crippen LogP contribution in [0.4, 0.5) is 0 Å². The van der Waals surface area contributed by atoms with E-state index in [0.717, 1.165) is 12.8 Å². The van der Waals surface area contributed by atoms with Crippen LogP contribution in [0.3, 0.4) is 0 Å². The maximum atomic E-state index is 11.1. The zero-order chi connectivity index (χ0) is 13.6. The lowest BCUT2D eigenvalue weighted by Crippen LogP contribution is -1.98. The third-order valence-electron chi connectivity index (χ3n) is 2.13. The van der Waals surface area contributed by atoms with E-state index < -0.39 is 9.05 Å². The molecule has 0 unspecified atom stereocenters. The van der Waals surface area contributed by atoms with E-state index in [2.05, 4.69) is 0 Å². The molecule has 0 saturated carbocycles. The molecule has 0 bridgehead atoms. The van der Waals surface area contributed by atoms with E-state index in [1.54, 1.807) is 0 Å². The van der Waals surface area contributed by atoms with Gasteiger partial charge in [-0.2, -0.15) is 5.26 Å². The average Bonchev–Trinajstić information content (AvgIpc) is 2.29. The molecule has 0 aliphatic heterocycles. The van der Waals surface area contributed by atoms with Crippen LogP contribution in [0.15, 0.2) is 23.1 Å². The Morgan fingerprint density at radius 3 is 2.61 bits per heavy atom. The summed E-state index contributed by atoms with van der Waals surface area (Å²) in [4.78, 5) is -0.0639. The molecule has 0 atom stereocenters. The molecular weight excluding hydrogens is 297 g/mol. The molecule has 0 saturated heterocycles. The summed E-state index contributed by atoms with van der Waals surface area (Å²) in [6, 6.07) is 6.08. The molecule has 0 aliphatic rings. The summed E-state index contributed by atoms with van der Waals surface area (Å²) in [5.74, 6) is 0.401. The standard InChI is InChI=1S/C11H11Cl2NO3S/c12-10-8-9(18(13,15)16)4-5-11(10)17-7-3-1-2-6-14/h4-5,8H,1-3,7H2. The van der Waals surface area contributed by atoms with Gasteiger partial charge in [-0.3, -0.25) is 0 Å². The Labute approximate surface area is 115 Å². The molecule has 0 N–H and O–H groups in total. The van der Waals surface area contributed by atoms with Gasteiger partial charge in [0, 0.05) is 17.1 Å². The summed E-state index contributed by atoms with van der Waals surface area (Å²) in [7, 11) is 1.41. The van der Waals surface area contributed by atoms with Crippen LogP contribution >= 0.6 is 22.3 Å². The number of hydrogen-bond acceptors (Lipinski definition) is 4. The Kier molecular flexibility index (Phi) is 5.73. The predicted molar refractivity (Wildman–Crippen MR) is 69.4 cm³/mol. The highest BCUT2D eigenvalue weighted by atomic mass is 35.7. The molecule has 0 heterocycles. The quantitative estimate of drug-likeness (QED) is 0.597. The number of halogens is 2. The molecule has 0 aliphatic carbocycles. The summed E-state index contributed by atoms with van der Waals surface area (Å²) in [6.07, 6.45) is 1.97. The molecule has 1 aromatic rings. The van der Waals surface area contributed by atoms with E-state index in [9.17, 15) is 8.42 Å². The second-order valence-electron chi connectivity index (χ2n) is 3.49. The number of rotatable bonds is 6. The van der Waals surface area contributed by atoms with Gasteiger partial charge in [0.1, 0.15) is 5.75 Å². The maximum Gasteiger partial charge on any atom is 0.261 e. The Hall–Kier alpha value is -0.960. The first-order chi connectivity index (χ1) is 8.45. The summed E-state index contributed by atoms with van der Waals surface area (Å²) in [5.41, 5.74) is 0. The SMILES string of the molecule is N#CCCCCOc1ccc(S(=O)(=O)Cl)cc1Cl. The van der Waals surface area contributed by atoms with Crippen molar-refractivity contribution in [1.82, 2.24) is 0 Å². The van der Waals surface area contributed by atoms with E-state index in [1.165, 1.54) is 18.2 Å². The van der Waals surface area contributed by atoms with Crippen molar-refractivity contribution in [2.24, 2.45) is 0 Å². The average molecular weight is 308 g/mol. The van der Waals surface area contributed by atoms with E-state index in [0.29, 0.717) is 18.8 Å². The lowest BCUT2D eigenvalue weighted by molar-refractivity contribution is 0.307. The van der Waals surface area contributed by atoms with Crippen LogP contribution in [0.5, 0.6) is 5.75 Å². The predicted octanol–water partition coefficient (Wildman–Crippen LogP) is 3.34. The fourth-order valence-electron chi connectivity index (χ4n) is 1.24. The van der Waals surface area contributed by atoms with Crippen LogP contribution in [0.1, 0.15) is 19.3 Å². The van der Waals surface area contributed by atoms with E-state index in [1.807, 2.05) is 6.07 Å². The minimum atomic E-state index is -3.78. The van der Waals surface area contributed by atoms with Crippen molar-refractivity contribution >= 4 is 31.3 Å². The normalized spacial score (nSPS) is 10.9. The number of nitriles is 1. The van der Waals surface area contributed by atoms with Crippen molar-refractivity contribution in [3.05, 3.63) is 23.2 Å². The highest BCUT2D eigenvalue weighted by Gasteiger charge is 2.12. The van der Waals surface area contributed by atoms with Crippen molar-refractivity contribution in [3.63, 3.8) is 0 Å². The van der Waals surface area contributed by atoms with Crippen molar-refractivity contribution in [3.8, 4) is 11.8 Å². The van der Waals surface area contributed by atoms with E-state index >= 15 is 0 Å². The second-order valence-corrected chi connectivity index (χ2v) is 6.47. The largest absolute Gasteiger partial charge is 0.492 e. The molecule has 0 amide bonds. The molecule has 98 valence electrons. The molecular formula is C11H11Cl2NO3S. The summed E-state index contributed by atoms with van der Waals surface area (Å²) in [6.45, 7) is 0.425. The first-order valence-electron chi connectivity index (χ1n) is 5.19. The fraction of sp³-hybridized carbons (Fsp3) is 0.364. The highest BCUT2D eigenvalue weighted by Crippen LogP contribution is 2.28. The van der Waals surface area contributed by atoms with Crippen LogP contribution in [0, 0.1) is 11.3 Å². The van der Waals surface area contributed by atoms with Crippen molar-refractivity contribution < 1.29 is 13.2 Å². The monoisotopic (exact) mass is 307 g/mol. The fourth-order valence-corrected chi connectivity index (χ4v) is 2.32. The van der Waals surface area contributed by atoms with Crippen LogP contribution in [-0.2, 0) is 9.05 Å². The molecule has 1 aromatic carbocycles. The van der Waals surface area contributed by atoms with Gasteiger partial charge in [-0.05, 0) is 31.0 Å². The van der Waals surface area contributed by atoms with Crippen LogP contribution < -0.4 is 4.74 Å². The van der Waals surface area contributed by atoms with Gasteiger partial charge in [0.25, 0.3) is 9.05 Å². The lowest BCUT2D eigenvalue weighted by atomic mass is 10.2. The van der Waals surface area contributed by atoms with Gasteiger partial charge in [-0.25, -0.2) is 8.42 Å². The molecule has 18 heavy (non-hydrogen) atoms. The van der Waals surface area contributed by atoms with Crippen LogP contribution in [0.2, 0.25) is 5.02 Å². The number of ether oxygens (including phenoxy) is 1. The molecule has 1 rings (SSSR count). The van der Waals surface area contributed by atoms with Crippen LogP contribution in [0.25, 0.3) is 0 Å². The minimum absolute atomic E-state index is 0.0639. The number of benzene rings is 1. The van der Waals surface area contributed by atoms with E-state index in [4.69, 9.17) is 32.3 Å². The molecule has 0 spiro atoms. The summed E-state index contributed by atoms with van der Waals surface area (Å²) >= 11 is 5.88. The molecule has 0 aromatic heterocycles. The van der Waals surface area contributed by atoms with Gasteiger partial charge < -0.3 is 4.74 Å². The van der Waals surface area contributed by atoms with Gasteiger partial charge in [-0.1, -0.05) is 11.6 Å². The first-order valence-corrected chi connectivity index (χ1v) is 7.88. The number of unbranched alkanes of at least 4 members (excludes halogenated alkanes) is 2. The van der Waals surface area contributed by atoms with Crippen molar-refractivity contribution in [2.75, 3.05) is 6.61 Å². The zero-order valence-corrected chi connectivity index (χ0v) is 11.7. The minimum Gasteiger partial charge on any atom is -0.492 e.